The molecule has 1 N–H and O–H groups in total. The number of rotatable bonds is 8. The fraction of sp³-hybridized carbons (Fsp3) is 0.200. The Balaban J connectivity index is 1.35. The van der Waals surface area contributed by atoms with Crippen LogP contribution in [0.2, 0.25) is 0 Å². The molecule has 40 heavy (non-hydrogen) atoms. The topological polar surface area (TPSA) is 135 Å². The third kappa shape index (κ3) is 5.83. The van der Waals surface area contributed by atoms with Crippen LogP contribution >= 0.6 is 0 Å². The summed E-state index contributed by atoms with van der Waals surface area (Å²) in [6.07, 6.45) is -0.740. The molecule has 0 aliphatic carbocycles. The number of amides is 3. The van der Waals surface area contributed by atoms with E-state index in [0.29, 0.717) is 23.2 Å². The summed E-state index contributed by atoms with van der Waals surface area (Å²) in [5.41, 5.74) is -0.577. The molecule has 4 aromatic rings. The van der Waals surface area contributed by atoms with Gasteiger partial charge in [0.15, 0.2) is 15.5 Å². The highest BCUT2D eigenvalue weighted by atomic mass is 32.2. The van der Waals surface area contributed by atoms with Crippen molar-refractivity contribution >= 4 is 44.2 Å². The minimum absolute atomic E-state index is 0.185. The Hall–Kier alpha value is -4.66. The Labute approximate surface area is 225 Å². The molecule has 0 spiro atoms. The zero-order valence-corrected chi connectivity index (χ0v) is 21.5. The highest BCUT2D eigenvalue weighted by Gasteiger charge is 2.40. The number of benzene rings is 2. The molecule has 1 fully saturated rings. The van der Waals surface area contributed by atoms with Crippen LogP contribution in [0.5, 0.6) is 17.2 Å². The molecule has 5 rings (SSSR count). The quantitative estimate of drug-likeness (QED) is 0.310. The lowest BCUT2D eigenvalue weighted by Crippen LogP contribution is -2.33. The number of imide groups is 1. The van der Waals surface area contributed by atoms with Crippen LogP contribution in [0, 0.1) is 0 Å². The Kier molecular flexibility index (Phi) is 6.83. The number of nitrogens with one attached hydrogen (secondary N) is 1. The van der Waals surface area contributed by atoms with Gasteiger partial charge in [-0.1, -0.05) is 0 Å². The number of pyridine rings is 1. The summed E-state index contributed by atoms with van der Waals surface area (Å²) in [5, 5.41) is 7.35. The second-order valence-corrected chi connectivity index (χ2v) is 11.1. The summed E-state index contributed by atoms with van der Waals surface area (Å²) >= 11 is 0. The highest BCUT2D eigenvalue weighted by Crippen LogP contribution is 2.37. The van der Waals surface area contributed by atoms with Crippen LogP contribution in [0.15, 0.2) is 60.9 Å². The van der Waals surface area contributed by atoms with Crippen molar-refractivity contribution in [1.82, 2.24) is 15.2 Å². The van der Waals surface area contributed by atoms with Gasteiger partial charge < -0.3 is 9.47 Å². The van der Waals surface area contributed by atoms with Gasteiger partial charge in [0.2, 0.25) is 0 Å². The number of hydrogen-bond donors (Lipinski definition) is 1. The largest absolute Gasteiger partial charge is 0.492 e. The number of nitrogens with zero attached hydrogens (tertiary/aromatic N) is 4. The number of aromatic nitrogens is 3. The van der Waals surface area contributed by atoms with E-state index in [1.54, 1.807) is 12.3 Å². The SMILES string of the molecule is CS(=O)(=O)CCOc1cc(N2CC(=O)N(c3ccc(Oc4cnc5[nH]ncc5c4)cc3)C2=O)cc(C(F)(F)F)c1. The summed E-state index contributed by atoms with van der Waals surface area (Å²) in [6, 6.07) is 9.40. The van der Waals surface area contributed by atoms with E-state index in [1.807, 2.05) is 0 Å². The van der Waals surface area contributed by atoms with E-state index in [9.17, 15) is 31.2 Å². The number of fused-ring (bicyclic) bond motifs is 1. The molecule has 2 aromatic heterocycles. The summed E-state index contributed by atoms with van der Waals surface area (Å²) in [4.78, 5) is 31.9. The van der Waals surface area contributed by atoms with Crippen molar-refractivity contribution in [2.24, 2.45) is 0 Å². The van der Waals surface area contributed by atoms with E-state index in [4.69, 9.17) is 9.47 Å². The fourth-order valence-corrected chi connectivity index (χ4v) is 4.31. The number of halogens is 3. The molecule has 3 amide bonds. The van der Waals surface area contributed by atoms with Gasteiger partial charge in [-0.05, 0) is 42.5 Å². The molecular weight excluding hydrogens is 555 g/mol. The van der Waals surface area contributed by atoms with Crippen LogP contribution in [0.1, 0.15) is 5.56 Å². The van der Waals surface area contributed by atoms with Crippen LogP contribution in [0.25, 0.3) is 11.0 Å². The minimum atomic E-state index is -4.79. The molecule has 2 aromatic carbocycles. The van der Waals surface area contributed by atoms with Gasteiger partial charge in [0.05, 0.1) is 35.1 Å². The second kappa shape index (κ2) is 10.1. The maximum Gasteiger partial charge on any atom is 0.416 e. The monoisotopic (exact) mass is 575 g/mol. The van der Waals surface area contributed by atoms with Gasteiger partial charge in [-0.15, -0.1) is 0 Å². The zero-order chi connectivity index (χ0) is 28.7. The molecule has 0 saturated carbocycles. The summed E-state index contributed by atoms with van der Waals surface area (Å²) in [5.74, 6) is -0.554. The van der Waals surface area contributed by atoms with Gasteiger partial charge in [-0.2, -0.15) is 18.3 Å². The number of aromatic amines is 1. The van der Waals surface area contributed by atoms with Crippen molar-refractivity contribution in [3.63, 3.8) is 0 Å². The number of urea groups is 1. The van der Waals surface area contributed by atoms with Crippen molar-refractivity contribution in [2.75, 3.05) is 35.0 Å². The Bertz CT molecular complexity index is 1710. The lowest BCUT2D eigenvalue weighted by atomic mass is 10.1. The van der Waals surface area contributed by atoms with Crippen molar-refractivity contribution in [2.45, 2.75) is 6.18 Å². The van der Waals surface area contributed by atoms with Gasteiger partial charge in [-0.25, -0.2) is 23.1 Å². The fourth-order valence-electron chi connectivity index (χ4n) is 3.93. The highest BCUT2D eigenvalue weighted by molar-refractivity contribution is 7.90. The average molecular weight is 576 g/mol. The molecular formula is C25H20F3N5O6S. The molecule has 11 nitrogen and oxygen atoms in total. The molecule has 1 saturated heterocycles. The first-order chi connectivity index (χ1) is 18.9. The molecule has 0 unspecified atom stereocenters. The summed E-state index contributed by atoms with van der Waals surface area (Å²) < 4.78 is 74.4. The van der Waals surface area contributed by atoms with Gasteiger partial charge in [0.25, 0.3) is 5.91 Å². The van der Waals surface area contributed by atoms with Gasteiger partial charge in [0.1, 0.15) is 30.4 Å². The van der Waals surface area contributed by atoms with Gasteiger partial charge in [0, 0.05) is 17.7 Å². The molecule has 0 bridgehead atoms. The maximum absolute atomic E-state index is 13.6. The Morgan fingerprint density at radius 1 is 0.975 bits per heavy atom. The van der Waals surface area contributed by atoms with Gasteiger partial charge >= 0.3 is 12.2 Å². The number of hydrogen-bond acceptors (Lipinski definition) is 8. The number of H-pyrrole nitrogens is 1. The van der Waals surface area contributed by atoms with Crippen LogP contribution in [-0.4, -0.2) is 60.7 Å². The van der Waals surface area contributed by atoms with E-state index >= 15 is 0 Å². The van der Waals surface area contributed by atoms with Crippen molar-refractivity contribution in [1.29, 1.82) is 0 Å². The minimum Gasteiger partial charge on any atom is -0.492 e. The molecule has 1 aliphatic heterocycles. The number of carbonyl (C=O) groups excluding carboxylic acids is 2. The lowest BCUT2D eigenvalue weighted by molar-refractivity contribution is -0.137. The smallest absolute Gasteiger partial charge is 0.416 e. The first-order valence-electron chi connectivity index (χ1n) is 11.6. The summed E-state index contributed by atoms with van der Waals surface area (Å²) in [6.45, 7) is -0.906. The third-order valence-electron chi connectivity index (χ3n) is 5.81. The number of carbonyl (C=O) groups is 2. The normalized spacial score (nSPS) is 14.3. The van der Waals surface area contributed by atoms with E-state index in [1.165, 1.54) is 30.5 Å². The third-order valence-corrected chi connectivity index (χ3v) is 6.72. The lowest BCUT2D eigenvalue weighted by Gasteiger charge is -2.20. The van der Waals surface area contributed by atoms with Crippen molar-refractivity contribution in [3.05, 3.63) is 66.5 Å². The predicted octanol–water partition coefficient (Wildman–Crippen LogP) is 4.17. The van der Waals surface area contributed by atoms with Crippen LogP contribution in [0.4, 0.5) is 29.3 Å². The Morgan fingerprint density at radius 3 is 2.42 bits per heavy atom. The second-order valence-electron chi connectivity index (χ2n) is 8.86. The standard InChI is InChI=1S/C25H20F3N5O6S/c1-40(36,37)7-6-38-20-10-16(25(26,27)28)9-18(11-20)32-14-22(34)33(24(32)35)17-2-4-19(5-3-17)39-21-8-15-12-30-31-23(15)29-13-21/h2-5,8-13H,6-7,14H2,1H3,(H,29,30,31). The van der Waals surface area contributed by atoms with Gasteiger partial charge in [-0.3, -0.25) is 14.8 Å². The van der Waals surface area contributed by atoms with E-state index in [0.717, 1.165) is 33.6 Å². The Morgan fingerprint density at radius 2 is 1.73 bits per heavy atom. The number of anilines is 2. The molecule has 0 radical (unpaired) electrons. The first-order valence-corrected chi connectivity index (χ1v) is 13.7. The molecule has 3 heterocycles. The van der Waals surface area contributed by atoms with E-state index in [-0.39, 0.29) is 23.7 Å². The van der Waals surface area contributed by atoms with Crippen molar-refractivity contribution < 1.29 is 40.7 Å². The van der Waals surface area contributed by atoms with E-state index < -0.39 is 45.8 Å². The van der Waals surface area contributed by atoms with Crippen LogP contribution in [-0.2, 0) is 20.8 Å². The molecule has 208 valence electrons. The first kappa shape index (κ1) is 26.9. The molecule has 15 heteroatoms. The number of sulfone groups is 1. The van der Waals surface area contributed by atoms with Crippen LogP contribution < -0.4 is 19.3 Å². The van der Waals surface area contributed by atoms with Crippen molar-refractivity contribution in [3.8, 4) is 17.2 Å². The number of alkyl halides is 3. The average Bonchev–Trinajstić information content (AvgIpc) is 3.46. The zero-order valence-electron chi connectivity index (χ0n) is 20.7. The predicted molar refractivity (Wildman–Crippen MR) is 137 cm³/mol. The molecule has 0 atom stereocenters. The van der Waals surface area contributed by atoms with E-state index in [2.05, 4.69) is 15.2 Å². The molecule has 1 aliphatic rings. The summed E-state index contributed by atoms with van der Waals surface area (Å²) in [7, 11) is -3.42. The maximum atomic E-state index is 13.6. The van der Waals surface area contributed by atoms with Crippen LogP contribution in [0.3, 0.4) is 0 Å². The number of ether oxygens (including phenoxy) is 2.